The average molecular weight is 374 g/mol. The van der Waals surface area contributed by atoms with Gasteiger partial charge >= 0.3 is 0 Å². The van der Waals surface area contributed by atoms with Crippen molar-refractivity contribution in [1.29, 1.82) is 0 Å². The minimum absolute atomic E-state index is 0.347. The van der Waals surface area contributed by atoms with Gasteiger partial charge in [-0.1, -0.05) is 30.7 Å². The first kappa shape index (κ1) is 19.3. The van der Waals surface area contributed by atoms with Crippen molar-refractivity contribution in [2.24, 2.45) is 5.92 Å². The van der Waals surface area contributed by atoms with Gasteiger partial charge in [-0.2, -0.15) is 0 Å². The SMILES string of the molecule is CC1CN(Cc2cccc(CNC3CCCC3C3COCCN3)c2)CCO1. The van der Waals surface area contributed by atoms with Gasteiger partial charge in [-0.05, 0) is 36.8 Å². The van der Waals surface area contributed by atoms with E-state index in [0.717, 1.165) is 52.5 Å². The maximum atomic E-state index is 5.70. The molecule has 2 aliphatic heterocycles. The summed E-state index contributed by atoms with van der Waals surface area (Å²) in [6.45, 7) is 9.79. The summed E-state index contributed by atoms with van der Waals surface area (Å²) in [5, 5.41) is 7.52. The summed E-state index contributed by atoms with van der Waals surface area (Å²) in [6.07, 6.45) is 4.28. The zero-order valence-electron chi connectivity index (χ0n) is 16.7. The Bertz CT molecular complexity index is 591. The van der Waals surface area contributed by atoms with Gasteiger partial charge in [0.15, 0.2) is 0 Å². The van der Waals surface area contributed by atoms with Crippen LogP contribution in [0, 0.1) is 5.92 Å². The molecule has 0 radical (unpaired) electrons. The fourth-order valence-electron chi connectivity index (χ4n) is 4.96. The summed E-state index contributed by atoms with van der Waals surface area (Å²) in [5.41, 5.74) is 2.81. The minimum Gasteiger partial charge on any atom is -0.379 e. The maximum Gasteiger partial charge on any atom is 0.0674 e. The summed E-state index contributed by atoms with van der Waals surface area (Å²) < 4.78 is 11.4. The molecule has 1 saturated carbocycles. The molecule has 1 aromatic carbocycles. The normalized spacial score (nSPS) is 32.6. The summed E-state index contributed by atoms with van der Waals surface area (Å²) in [6, 6.07) is 10.2. The standard InChI is InChI=1S/C22H35N3O2/c1-17-14-25(9-11-27-17)15-19-5-2-4-18(12-19)13-24-21-7-3-6-20(21)22-16-26-10-8-23-22/h2,4-5,12,17,20-24H,3,6-11,13-16H2,1H3. The lowest BCUT2D eigenvalue weighted by molar-refractivity contribution is -0.0212. The molecule has 27 heavy (non-hydrogen) atoms. The van der Waals surface area contributed by atoms with E-state index in [1.807, 2.05) is 0 Å². The van der Waals surface area contributed by atoms with E-state index in [9.17, 15) is 0 Å². The number of rotatable bonds is 6. The van der Waals surface area contributed by atoms with Gasteiger partial charge in [0.2, 0.25) is 0 Å². The molecule has 1 aromatic rings. The Morgan fingerprint density at radius 3 is 3.00 bits per heavy atom. The van der Waals surface area contributed by atoms with Gasteiger partial charge in [-0.3, -0.25) is 4.90 Å². The van der Waals surface area contributed by atoms with E-state index < -0.39 is 0 Å². The molecule has 3 aliphatic rings. The van der Waals surface area contributed by atoms with Crippen molar-refractivity contribution < 1.29 is 9.47 Å². The Hall–Kier alpha value is -0.980. The number of ether oxygens (including phenoxy) is 2. The van der Waals surface area contributed by atoms with Crippen LogP contribution in [-0.2, 0) is 22.6 Å². The lowest BCUT2D eigenvalue weighted by Gasteiger charge is -2.33. The highest BCUT2D eigenvalue weighted by Gasteiger charge is 2.34. The van der Waals surface area contributed by atoms with Crippen LogP contribution in [0.4, 0.5) is 0 Å². The highest BCUT2D eigenvalue weighted by molar-refractivity contribution is 5.23. The fourth-order valence-corrected chi connectivity index (χ4v) is 4.96. The van der Waals surface area contributed by atoms with Crippen molar-refractivity contribution >= 4 is 0 Å². The van der Waals surface area contributed by atoms with Crippen molar-refractivity contribution in [2.75, 3.05) is 39.5 Å². The molecule has 1 aliphatic carbocycles. The van der Waals surface area contributed by atoms with Gasteiger partial charge in [-0.15, -0.1) is 0 Å². The lowest BCUT2D eigenvalue weighted by atomic mass is 9.94. The largest absolute Gasteiger partial charge is 0.379 e. The van der Waals surface area contributed by atoms with Crippen molar-refractivity contribution in [3.05, 3.63) is 35.4 Å². The molecule has 5 nitrogen and oxygen atoms in total. The van der Waals surface area contributed by atoms with Crippen LogP contribution in [0.3, 0.4) is 0 Å². The topological polar surface area (TPSA) is 45.8 Å². The molecule has 150 valence electrons. The Labute approximate surface area is 163 Å². The van der Waals surface area contributed by atoms with Crippen LogP contribution in [-0.4, -0.2) is 62.5 Å². The molecule has 4 rings (SSSR count). The second-order valence-corrected chi connectivity index (χ2v) is 8.45. The molecule has 0 aromatic heterocycles. The van der Waals surface area contributed by atoms with Gasteiger partial charge in [0.25, 0.3) is 0 Å². The van der Waals surface area contributed by atoms with Crippen molar-refractivity contribution in [3.8, 4) is 0 Å². The van der Waals surface area contributed by atoms with Gasteiger partial charge in [0.05, 0.1) is 25.9 Å². The molecule has 4 atom stereocenters. The number of hydrogen-bond acceptors (Lipinski definition) is 5. The van der Waals surface area contributed by atoms with Crippen LogP contribution in [0.15, 0.2) is 24.3 Å². The summed E-state index contributed by atoms with van der Waals surface area (Å²) in [4.78, 5) is 2.50. The zero-order valence-corrected chi connectivity index (χ0v) is 16.7. The first-order chi connectivity index (χ1) is 13.3. The quantitative estimate of drug-likeness (QED) is 0.800. The Morgan fingerprint density at radius 2 is 2.15 bits per heavy atom. The molecule has 2 heterocycles. The van der Waals surface area contributed by atoms with Gasteiger partial charge < -0.3 is 20.1 Å². The maximum absolute atomic E-state index is 5.70. The zero-order chi connectivity index (χ0) is 18.5. The molecule has 2 saturated heterocycles. The highest BCUT2D eigenvalue weighted by atomic mass is 16.5. The molecule has 0 amide bonds. The van der Waals surface area contributed by atoms with Crippen molar-refractivity contribution in [2.45, 2.75) is 57.5 Å². The molecule has 4 unspecified atom stereocenters. The van der Waals surface area contributed by atoms with E-state index >= 15 is 0 Å². The van der Waals surface area contributed by atoms with Crippen LogP contribution in [0.5, 0.6) is 0 Å². The van der Waals surface area contributed by atoms with Gasteiger partial charge in [-0.25, -0.2) is 0 Å². The molecule has 3 fully saturated rings. The molecule has 2 N–H and O–H groups in total. The smallest absolute Gasteiger partial charge is 0.0674 e. The predicted octanol–water partition coefficient (Wildman–Crippen LogP) is 2.15. The second-order valence-electron chi connectivity index (χ2n) is 8.45. The third-order valence-corrected chi connectivity index (χ3v) is 6.33. The summed E-state index contributed by atoms with van der Waals surface area (Å²) in [5.74, 6) is 0.698. The third-order valence-electron chi connectivity index (χ3n) is 6.33. The monoisotopic (exact) mass is 373 g/mol. The number of nitrogens with zero attached hydrogens (tertiary/aromatic N) is 1. The van der Waals surface area contributed by atoms with Crippen LogP contribution in [0.25, 0.3) is 0 Å². The summed E-state index contributed by atoms with van der Waals surface area (Å²) in [7, 11) is 0. The van der Waals surface area contributed by atoms with Gasteiger partial charge in [0, 0.05) is 44.8 Å². The second kappa shape index (κ2) is 9.48. The Balaban J connectivity index is 1.30. The molecule has 5 heteroatoms. The third kappa shape index (κ3) is 5.30. The fraction of sp³-hybridized carbons (Fsp3) is 0.727. The van der Waals surface area contributed by atoms with Crippen LogP contribution >= 0.6 is 0 Å². The predicted molar refractivity (Wildman–Crippen MR) is 108 cm³/mol. The molecular formula is C22H35N3O2. The van der Waals surface area contributed by atoms with Crippen molar-refractivity contribution in [1.82, 2.24) is 15.5 Å². The molecule has 0 spiro atoms. The summed E-state index contributed by atoms with van der Waals surface area (Å²) >= 11 is 0. The Morgan fingerprint density at radius 1 is 1.22 bits per heavy atom. The minimum atomic E-state index is 0.347. The van der Waals surface area contributed by atoms with Crippen molar-refractivity contribution in [3.63, 3.8) is 0 Å². The number of benzene rings is 1. The first-order valence-electron chi connectivity index (χ1n) is 10.7. The Kier molecular flexibility index (Phi) is 6.79. The van der Waals surface area contributed by atoms with Gasteiger partial charge in [0.1, 0.15) is 0 Å². The van der Waals surface area contributed by atoms with Crippen LogP contribution in [0.2, 0.25) is 0 Å². The van der Waals surface area contributed by atoms with E-state index in [0.29, 0.717) is 24.1 Å². The van der Waals surface area contributed by atoms with E-state index in [-0.39, 0.29) is 0 Å². The number of morpholine rings is 2. The number of hydrogen-bond donors (Lipinski definition) is 2. The average Bonchev–Trinajstić information content (AvgIpc) is 3.16. The highest BCUT2D eigenvalue weighted by Crippen LogP contribution is 2.29. The number of nitrogens with one attached hydrogen (secondary N) is 2. The van der Waals surface area contributed by atoms with E-state index in [4.69, 9.17) is 9.47 Å². The van der Waals surface area contributed by atoms with Crippen LogP contribution in [0.1, 0.15) is 37.3 Å². The first-order valence-corrected chi connectivity index (χ1v) is 10.7. The van der Waals surface area contributed by atoms with E-state index in [1.54, 1.807) is 0 Å². The van der Waals surface area contributed by atoms with Crippen LogP contribution < -0.4 is 10.6 Å². The molecule has 0 bridgehead atoms. The van der Waals surface area contributed by atoms with E-state index in [1.165, 1.54) is 30.4 Å². The lowest BCUT2D eigenvalue weighted by Crippen LogP contribution is -2.50. The molecular weight excluding hydrogens is 338 g/mol. The van der Waals surface area contributed by atoms with E-state index in [2.05, 4.69) is 46.7 Å².